The van der Waals surface area contributed by atoms with Crippen molar-refractivity contribution in [3.63, 3.8) is 0 Å². The summed E-state index contributed by atoms with van der Waals surface area (Å²) in [6, 6.07) is 8.38. The van der Waals surface area contributed by atoms with Crippen LogP contribution >= 0.6 is 0 Å². The molecule has 2 unspecified atom stereocenters. The minimum absolute atomic E-state index is 0.130. The van der Waals surface area contributed by atoms with E-state index in [2.05, 4.69) is 32.9 Å². The molecule has 0 spiro atoms. The molecule has 0 saturated heterocycles. The summed E-state index contributed by atoms with van der Waals surface area (Å²) in [6.45, 7) is 7.10. The summed E-state index contributed by atoms with van der Waals surface area (Å²) >= 11 is 0. The van der Waals surface area contributed by atoms with Crippen molar-refractivity contribution in [2.24, 2.45) is 5.73 Å². The Hall–Kier alpha value is -1.02. The highest BCUT2D eigenvalue weighted by molar-refractivity contribution is 5.35. The number of hydrogen-bond acceptors (Lipinski definition) is 2. The minimum Gasteiger partial charge on any atom is -0.492 e. The highest BCUT2D eigenvalue weighted by Crippen LogP contribution is 2.28. The van der Waals surface area contributed by atoms with Crippen molar-refractivity contribution in [1.29, 1.82) is 0 Å². The van der Waals surface area contributed by atoms with E-state index in [9.17, 15) is 0 Å². The van der Waals surface area contributed by atoms with Gasteiger partial charge in [0, 0.05) is 6.04 Å². The van der Waals surface area contributed by atoms with Crippen LogP contribution in [0.1, 0.15) is 45.1 Å². The molecule has 16 heavy (non-hydrogen) atoms. The van der Waals surface area contributed by atoms with Crippen molar-refractivity contribution < 1.29 is 4.74 Å². The van der Waals surface area contributed by atoms with E-state index >= 15 is 0 Å². The number of para-hydroxylation sites is 1. The molecule has 2 heteroatoms. The first-order valence-corrected chi connectivity index (χ1v) is 6.16. The number of rotatable bonds is 6. The zero-order valence-electron chi connectivity index (χ0n) is 10.6. The van der Waals surface area contributed by atoms with Crippen LogP contribution in [-0.4, -0.2) is 12.6 Å². The number of hydrogen-bond donors (Lipinski definition) is 1. The second kappa shape index (κ2) is 6.54. The monoisotopic (exact) mass is 221 g/mol. The molecule has 1 aromatic rings. The minimum atomic E-state index is 0.130. The van der Waals surface area contributed by atoms with E-state index in [1.54, 1.807) is 0 Å². The van der Waals surface area contributed by atoms with Crippen LogP contribution in [0.3, 0.4) is 0 Å². The van der Waals surface area contributed by atoms with Crippen molar-refractivity contribution in [2.75, 3.05) is 6.61 Å². The quantitative estimate of drug-likeness (QED) is 0.799. The van der Waals surface area contributed by atoms with Gasteiger partial charge in [0.25, 0.3) is 0 Å². The molecule has 0 amide bonds. The summed E-state index contributed by atoms with van der Waals surface area (Å²) < 4.78 is 5.79. The van der Waals surface area contributed by atoms with E-state index in [1.807, 2.05) is 12.1 Å². The molecule has 1 rings (SSSR count). The van der Waals surface area contributed by atoms with Crippen LogP contribution in [0.25, 0.3) is 0 Å². The van der Waals surface area contributed by atoms with Crippen molar-refractivity contribution >= 4 is 0 Å². The Morgan fingerprint density at radius 3 is 2.50 bits per heavy atom. The molecule has 0 aromatic heterocycles. The molecule has 0 aliphatic heterocycles. The fraction of sp³-hybridized carbons (Fsp3) is 0.571. The van der Waals surface area contributed by atoms with Gasteiger partial charge in [-0.05, 0) is 30.4 Å². The first kappa shape index (κ1) is 13.0. The second-order valence-electron chi connectivity index (χ2n) is 4.33. The molecule has 0 bridgehead atoms. The van der Waals surface area contributed by atoms with Gasteiger partial charge in [-0.25, -0.2) is 0 Å². The maximum absolute atomic E-state index is 5.85. The molecule has 0 aliphatic carbocycles. The van der Waals surface area contributed by atoms with E-state index in [4.69, 9.17) is 10.5 Å². The lowest BCUT2D eigenvalue weighted by Gasteiger charge is -2.17. The molecule has 0 heterocycles. The summed E-state index contributed by atoms with van der Waals surface area (Å²) in [5, 5.41) is 0. The van der Waals surface area contributed by atoms with Crippen molar-refractivity contribution in [1.82, 2.24) is 0 Å². The Kier molecular flexibility index (Phi) is 5.33. The lowest BCUT2D eigenvalue weighted by atomic mass is 9.98. The summed E-state index contributed by atoms with van der Waals surface area (Å²) in [5.41, 5.74) is 7.14. The van der Waals surface area contributed by atoms with Gasteiger partial charge in [-0.3, -0.25) is 0 Å². The first-order chi connectivity index (χ1) is 7.69. The van der Waals surface area contributed by atoms with Crippen LogP contribution in [0.5, 0.6) is 5.75 Å². The third kappa shape index (κ3) is 3.53. The Morgan fingerprint density at radius 2 is 1.88 bits per heavy atom. The number of ether oxygens (including phenoxy) is 1. The van der Waals surface area contributed by atoms with Gasteiger partial charge in [-0.15, -0.1) is 0 Å². The molecule has 90 valence electrons. The maximum atomic E-state index is 5.85. The molecule has 0 radical (unpaired) electrons. The van der Waals surface area contributed by atoms with Crippen LogP contribution in [-0.2, 0) is 0 Å². The van der Waals surface area contributed by atoms with Gasteiger partial charge in [0.15, 0.2) is 0 Å². The molecule has 0 saturated carbocycles. The van der Waals surface area contributed by atoms with E-state index < -0.39 is 0 Å². The van der Waals surface area contributed by atoms with Crippen LogP contribution in [0.2, 0.25) is 0 Å². The molecular formula is C14H23NO. The van der Waals surface area contributed by atoms with E-state index in [0.29, 0.717) is 12.5 Å². The zero-order valence-corrected chi connectivity index (χ0v) is 10.6. The second-order valence-corrected chi connectivity index (χ2v) is 4.33. The zero-order chi connectivity index (χ0) is 12.0. The predicted molar refractivity (Wildman–Crippen MR) is 68.9 cm³/mol. The summed E-state index contributed by atoms with van der Waals surface area (Å²) in [5.74, 6) is 1.52. The van der Waals surface area contributed by atoms with Crippen LogP contribution < -0.4 is 10.5 Å². The van der Waals surface area contributed by atoms with Crippen molar-refractivity contribution in [3.05, 3.63) is 29.8 Å². The van der Waals surface area contributed by atoms with Crippen molar-refractivity contribution in [2.45, 2.75) is 45.6 Å². The van der Waals surface area contributed by atoms with E-state index in [1.165, 1.54) is 5.56 Å². The standard InChI is InChI=1S/C14H23NO/c1-4-11(3)13-8-6-7-9-14(13)16-10-12(15)5-2/h6-9,11-12H,4-5,10,15H2,1-3H3. The predicted octanol–water partition coefficient (Wildman–Crippen LogP) is 3.32. The summed E-state index contributed by atoms with van der Waals surface area (Å²) in [6.07, 6.45) is 2.08. The van der Waals surface area contributed by atoms with E-state index in [0.717, 1.165) is 18.6 Å². The van der Waals surface area contributed by atoms with E-state index in [-0.39, 0.29) is 6.04 Å². The number of benzene rings is 1. The average molecular weight is 221 g/mol. The Balaban J connectivity index is 2.71. The Bertz CT molecular complexity index is 311. The fourth-order valence-electron chi connectivity index (χ4n) is 1.55. The first-order valence-electron chi connectivity index (χ1n) is 6.16. The number of nitrogens with two attached hydrogens (primary N) is 1. The third-order valence-corrected chi connectivity index (χ3v) is 3.04. The molecular weight excluding hydrogens is 198 g/mol. The third-order valence-electron chi connectivity index (χ3n) is 3.04. The molecule has 2 atom stereocenters. The lowest BCUT2D eigenvalue weighted by Crippen LogP contribution is -2.26. The maximum Gasteiger partial charge on any atom is 0.122 e. The lowest BCUT2D eigenvalue weighted by molar-refractivity contribution is 0.281. The normalized spacial score (nSPS) is 14.5. The fourth-order valence-corrected chi connectivity index (χ4v) is 1.55. The smallest absolute Gasteiger partial charge is 0.122 e. The molecule has 0 aliphatic rings. The topological polar surface area (TPSA) is 35.2 Å². The highest BCUT2D eigenvalue weighted by atomic mass is 16.5. The van der Waals surface area contributed by atoms with Gasteiger partial charge < -0.3 is 10.5 Å². The van der Waals surface area contributed by atoms with Crippen LogP contribution in [0.15, 0.2) is 24.3 Å². The van der Waals surface area contributed by atoms with Gasteiger partial charge in [0.2, 0.25) is 0 Å². The molecule has 1 aromatic carbocycles. The Labute approximate surface area is 98.8 Å². The summed E-state index contributed by atoms with van der Waals surface area (Å²) in [7, 11) is 0. The molecule has 2 nitrogen and oxygen atoms in total. The SMILES string of the molecule is CCC(N)COc1ccccc1C(C)CC. The van der Waals surface area contributed by atoms with Gasteiger partial charge >= 0.3 is 0 Å². The van der Waals surface area contributed by atoms with Gasteiger partial charge in [-0.2, -0.15) is 0 Å². The largest absolute Gasteiger partial charge is 0.492 e. The van der Waals surface area contributed by atoms with Gasteiger partial charge in [0.05, 0.1) is 0 Å². The van der Waals surface area contributed by atoms with Gasteiger partial charge in [-0.1, -0.05) is 39.0 Å². The highest BCUT2D eigenvalue weighted by Gasteiger charge is 2.10. The van der Waals surface area contributed by atoms with Crippen molar-refractivity contribution in [3.8, 4) is 5.75 Å². The summed E-state index contributed by atoms with van der Waals surface area (Å²) in [4.78, 5) is 0. The average Bonchev–Trinajstić information content (AvgIpc) is 2.35. The molecule has 2 N–H and O–H groups in total. The van der Waals surface area contributed by atoms with Crippen LogP contribution in [0.4, 0.5) is 0 Å². The van der Waals surface area contributed by atoms with Gasteiger partial charge in [0.1, 0.15) is 12.4 Å². The Morgan fingerprint density at radius 1 is 1.19 bits per heavy atom. The molecule has 0 fully saturated rings. The van der Waals surface area contributed by atoms with Crippen LogP contribution in [0, 0.1) is 0 Å².